The van der Waals surface area contributed by atoms with Gasteiger partial charge < -0.3 is 5.32 Å². The van der Waals surface area contributed by atoms with E-state index in [1.807, 2.05) is 0 Å². The lowest BCUT2D eigenvalue weighted by molar-refractivity contribution is -0.141. The molecule has 2 aromatic heterocycles. The minimum Gasteiger partial charge on any atom is -0.387 e. The molecule has 94 valence electrons. The summed E-state index contributed by atoms with van der Waals surface area (Å²) in [5.74, 6) is 0. The summed E-state index contributed by atoms with van der Waals surface area (Å²) < 4.78 is 37.1. The lowest BCUT2D eigenvalue weighted by atomic mass is 10.1. The maximum atomic E-state index is 12.4. The predicted molar refractivity (Wildman–Crippen MR) is 62.0 cm³/mol. The van der Waals surface area contributed by atoms with Crippen molar-refractivity contribution < 1.29 is 13.2 Å². The van der Waals surface area contributed by atoms with E-state index in [1.54, 1.807) is 25.5 Å². The molecule has 0 bridgehead atoms. The van der Waals surface area contributed by atoms with Crippen LogP contribution in [-0.4, -0.2) is 17.0 Å². The normalized spacial score (nSPS) is 11.3. The van der Waals surface area contributed by atoms with Gasteiger partial charge in [-0.2, -0.15) is 13.2 Å². The van der Waals surface area contributed by atoms with Gasteiger partial charge in [0.2, 0.25) is 0 Å². The Kier molecular flexibility index (Phi) is 3.18. The molecular weight excluding hydrogens is 243 g/mol. The van der Waals surface area contributed by atoms with Gasteiger partial charge in [0.15, 0.2) is 0 Å². The second-order valence-corrected chi connectivity index (χ2v) is 3.64. The van der Waals surface area contributed by atoms with Crippen molar-refractivity contribution in [2.24, 2.45) is 0 Å². The molecule has 2 heterocycles. The number of nitrogens with zero attached hydrogens (tertiary/aromatic N) is 2. The second-order valence-electron chi connectivity index (χ2n) is 3.64. The van der Waals surface area contributed by atoms with Crippen molar-refractivity contribution in [3.05, 3.63) is 42.5 Å². The highest BCUT2D eigenvalue weighted by Gasteiger charge is 2.32. The van der Waals surface area contributed by atoms with Gasteiger partial charge in [-0.1, -0.05) is 6.07 Å². The zero-order valence-electron chi connectivity index (χ0n) is 9.49. The molecule has 18 heavy (non-hydrogen) atoms. The van der Waals surface area contributed by atoms with E-state index in [0.29, 0.717) is 11.1 Å². The molecule has 0 fully saturated rings. The molecule has 2 aromatic rings. The number of rotatable bonds is 2. The fraction of sp³-hybridized carbons (Fsp3) is 0.167. The van der Waals surface area contributed by atoms with E-state index in [2.05, 4.69) is 15.3 Å². The summed E-state index contributed by atoms with van der Waals surface area (Å²) in [7, 11) is 1.74. The second kappa shape index (κ2) is 4.64. The maximum Gasteiger partial charge on any atom is 0.433 e. The van der Waals surface area contributed by atoms with Gasteiger partial charge in [-0.25, -0.2) is 0 Å². The van der Waals surface area contributed by atoms with Crippen molar-refractivity contribution in [1.29, 1.82) is 0 Å². The van der Waals surface area contributed by atoms with Gasteiger partial charge in [0.25, 0.3) is 0 Å². The van der Waals surface area contributed by atoms with Gasteiger partial charge in [-0.3, -0.25) is 9.97 Å². The van der Waals surface area contributed by atoms with Gasteiger partial charge in [0.05, 0.1) is 5.69 Å². The van der Waals surface area contributed by atoms with Crippen LogP contribution in [0.5, 0.6) is 0 Å². The van der Waals surface area contributed by atoms with Crippen LogP contribution >= 0.6 is 0 Å². The fourth-order valence-corrected chi connectivity index (χ4v) is 1.47. The smallest absolute Gasteiger partial charge is 0.387 e. The Bertz CT molecular complexity index is 535. The van der Waals surface area contributed by atoms with E-state index < -0.39 is 11.9 Å². The van der Waals surface area contributed by atoms with E-state index in [4.69, 9.17) is 0 Å². The van der Waals surface area contributed by atoms with E-state index in [1.165, 1.54) is 12.3 Å². The average molecular weight is 253 g/mol. The van der Waals surface area contributed by atoms with Gasteiger partial charge in [-0.05, 0) is 12.1 Å². The molecule has 1 N–H and O–H groups in total. The van der Waals surface area contributed by atoms with Gasteiger partial charge in [-0.15, -0.1) is 0 Å². The van der Waals surface area contributed by atoms with Crippen molar-refractivity contribution in [1.82, 2.24) is 9.97 Å². The molecule has 0 aliphatic rings. The van der Waals surface area contributed by atoms with Crippen molar-refractivity contribution in [2.75, 3.05) is 12.4 Å². The first kappa shape index (κ1) is 12.3. The highest BCUT2D eigenvalue weighted by Crippen LogP contribution is 2.29. The third kappa shape index (κ3) is 2.58. The van der Waals surface area contributed by atoms with Crippen molar-refractivity contribution in [3.8, 4) is 11.1 Å². The summed E-state index contributed by atoms with van der Waals surface area (Å²) in [5.41, 5.74) is 1.19. The van der Waals surface area contributed by atoms with Gasteiger partial charge in [0.1, 0.15) is 5.69 Å². The van der Waals surface area contributed by atoms with Gasteiger partial charge >= 0.3 is 6.18 Å². The van der Waals surface area contributed by atoms with Crippen LogP contribution in [0.25, 0.3) is 11.1 Å². The van der Waals surface area contributed by atoms with Crippen molar-refractivity contribution in [3.63, 3.8) is 0 Å². The van der Waals surface area contributed by atoms with Crippen LogP contribution in [0.2, 0.25) is 0 Å². The molecular formula is C12H10F3N3. The zero-order chi connectivity index (χ0) is 13.2. The quantitative estimate of drug-likeness (QED) is 0.893. The predicted octanol–water partition coefficient (Wildman–Crippen LogP) is 3.20. The first-order valence-corrected chi connectivity index (χ1v) is 5.17. The third-order valence-corrected chi connectivity index (χ3v) is 2.41. The standard InChI is InChI=1S/C12H10F3N3/c1-16-10-4-9(5-17-7-10)8-2-3-11(18-6-8)12(13,14)15/h2-7,16H,1H3. The van der Waals surface area contributed by atoms with Gasteiger partial charge in [0, 0.05) is 36.8 Å². The van der Waals surface area contributed by atoms with Crippen LogP contribution in [0.4, 0.5) is 18.9 Å². The molecule has 0 aromatic carbocycles. The van der Waals surface area contributed by atoms with Crippen molar-refractivity contribution in [2.45, 2.75) is 6.18 Å². The average Bonchev–Trinajstić information content (AvgIpc) is 2.38. The monoisotopic (exact) mass is 253 g/mol. The highest BCUT2D eigenvalue weighted by molar-refractivity contribution is 5.65. The number of nitrogens with one attached hydrogen (secondary N) is 1. The fourth-order valence-electron chi connectivity index (χ4n) is 1.47. The Morgan fingerprint density at radius 1 is 1.06 bits per heavy atom. The van der Waals surface area contributed by atoms with Crippen molar-refractivity contribution >= 4 is 5.69 Å². The number of alkyl halides is 3. The lowest BCUT2D eigenvalue weighted by Crippen LogP contribution is -2.07. The SMILES string of the molecule is CNc1cncc(-c2ccc(C(F)(F)F)nc2)c1. The summed E-state index contributed by atoms with van der Waals surface area (Å²) >= 11 is 0. The van der Waals surface area contributed by atoms with E-state index in [0.717, 1.165) is 11.8 Å². The van der Waals surface area contributed by atoms with Crippen LogP contribution in [-0.2, 0) is 6.18 Å². The number of anilines is 1. The lowest BCUT2D eigenvalue weighted by Gasteiger charge is -2.07. The molecule has 0 saturated heterocycles. The molecule has 0 amide bonds. The molecule has 0 spiro atoms. The molecule has 0 aliphatic carbocycles. The first-order chi connectivity index (χ1) is 8.50. The molecule has 0 unspecified atom stereocenters. The summed E-state index contributed by atoms with van der Waals surface area (Å²) in [4.78, 5) is 7.40. The van der Waals surface area contributed by atoms with Crippen LogP contribution in [0.15, 0.2) is 36.8 Å². The number of hydrogen-bond acceptors (Lipinski definition) is 3. The van der Waals surface area contributed by atoms with Crippen LogP contribution in [0, 0.1) is 0 Å². The zero-order valence-corrected chi connectivity index (χ0v) is 9.49. The Morgan fingerprint density at radius 3 is 2.39 bits per heavy atom. The molecule has 0 saturated carbocycles. The number of halogens is 3. The minimum atomic E-state index is -4.41. The van der Waals surface area contributed by atoms with Crippen LogP contribution in [0.3, 0.4) is 0 Å². The van der Waals surface area contributed by atoms with Crippen LogP contribution in [0.1, 0.15) is 5.69 Å². The maximum absolute atomic E-state index is 12.4. The first-order valence-electron chi connectivity index (χ1n) is 5.17. The van der Waals surface area contributed by atoms with E-state index in [-0.39, 0.29) is 0 Å². The molecule has 0 atom stereocenters. The number of pyridine rings is 2. The third-order valence-electron chi connectivity index (χ3n) is 2.41. The van der Waals surface area contributed by atoms with Crippen LogP contribution < -0.4 is 5.32 Å². The van der Waals surface area contributed by atoms with E-state index in [9.17, 15) is 13.2 Å². The topological polar surface area (TPSA) is 37.8 Å². The summed E-state index contributed by atoms with van der Waals surface area (Å²) in [5, 5.41) is 2.91. The Hall–Kier alpha value is -2.11. The largest absolute Gasteiger partial charge is 0.433 e. The molecule has 6 heteroatoms. The Labute approximate surface area is 102 Å². The Morgan fingerprint density at radius 2 is 1.83 bits per heavy atom. The minimum absolute atomic E-state index is 0.590. The molecule has 0 radical (unpaired) electrons. The summed E-state index contributed by atoms with van der Waals surface area (Å²) in [6.45, 7) is 0. The molecule has 3 nitrogen and oxygen atoms in total. The highest BCUT2D eigenvalue weighted by atomic mass is 19.4. The molecule has 0 aliphatic heterocycles. The Balaban J connectivity index is 2.34. The van der Waals surface area contributed by atoms with E-state index >= 15 is 0 Å². The molecule has 2 rings (SSSR count). The summed E-state index contributed by atoms with van der Waals surface area (Å²) in [6.07, 6.45) is -0.0188. The summed E-state index contributed by atoms with van der Waals surface area (Å²) in [6, 6.07) is 4.13. The number of aromatic nitrogens is 2. The number of hydrogen-bond donors (Lipinski definition) is 1.